The van der Waals surface area contributed by atoms with Gasteiger partial charge >= 0.3 is 0 Å². The molecule has 1 atom stereocenters. The van der Waals surface area contributed by atoms with Gasteiger partial charge in [-0.3, -0.25) is 19.1 Å². The average Bonchev–Trinajstić information content (AvgIpc) is 3.26. The lowest BCUT2D eigenvalue weighted by Gasteiger charge is -2.26. The van der Waals surface area contributed by atoms with Crippen LogP contribution < -0.4 is 4.74 Å². The van der Waals surface area contributed by atoms with Crippen LogP contribution in [-0.4, -0.2) is 94.7 Å². The summed E-state index contributed by atoms with van der Waals surface area (Å²) in [5.41, 5.74) is 1.73. The highest BCUT2D eigenvalue weighted by Gasteiger charge is 2.31. The van der Waals surface area contributed by atoms with Crippen molar-refractivity contribution in [2.45, 2.75) is 33.0 Å². The van der Waals surface area contributed by atoms with Crippen LogP contribution in [0.2, 0.25) is 0 Å². The highest BCUT2D eigenvalue weighted by molar-refractivity contribution is 5.86. The molecule has 3 aromatic rings. The predicted octanol–water partition coefficient (Wildman–Crippen LogP) is 2.17. The van der Waals surface area contributed by atoms with Gasteiger partial charge in [0.05, 0.1) is 25.3 Å². The molecule has 38 heavy (non-hydrogen) atoms. The first-order chi connectivity index (χ1) is 18.4. The average molecular weight is 522 g/mol. The van der Waals surface area contributed by atoms with Crippen LogP contribution in [-0.2, 0) is 32.2 Å². The summed E-state index contributed by atoms with van der Waals surface area (Å²) in [7, 11) is 1.60. The van der Waals surface area contributed by atoms with Crippen LogP contribution in [0.3, 0.4) is 0 Å². The Bertz CT molecular complexity index is 1220. The van der Waals surface area contributed by atoms with Gasteiger partial charge in [-0.1, -0.05) is 30.3 Å². The smallest absolute Gasteiger partial charge is 0.248 e. The maximum absolute atomic E-state index is 13.3. The first-order valence-electron chi connectivity index (χ1n) is 12.9. The molecule has 0 bridgehead atoms. The van der Waals surface area contributed by atoms with Gasteiger partial charge in [-0.15, -0.1) is 0 Å². The number of methoxy groups -OCH3 is 1. The number of likely N-dealkylation sites (N-methyl/N-ethyl adjacent to an activating group) is 1. The van der Waals surface area contributed by atoms with Gasteiger partial charge in [0, 0.05) is 44.3 Å². The number of nitrogens with zero attached hydrogens (tertiary/aromatic N) is 5. The molecule has 1 fully saturated rings. The van der Waals surface area contributed by atoms with Crippen molar-refractivity contribution in [2.24, 2.45) is 0 Å². The number of benzene rings is 2. The Hall–Kier alpha value is -3.92. The van der Waals surface area contributed by atoms with Crippen molar-refractivity contribution in [1.82, 2.24) is 24.5 Å². The third-order valence-corrected chi connectivity index (χ3v) is 6.73. The summed E-state index contributed by atoms with van der Waals surface area (Å²) in [5, 5.41) is 5.41. The number of carbonyl (C=O) groups is 3. The van der Waals surface area contributed by atoms with Crippen molar-refractivity contribution in [1.29, 1.82) is 0 Å². The van der Waals surface area contributed by atoms with Gasteiger partial charge in [-0.2, -0.15) is 5.10 Å². The van der Waals surface area contributed by atoms with E-state index in [0.29, 0.717) is 19.6 Å². The summed E-state index contributed by atoms with van der Waals surface area (Å²) in [6.07, 6.45) is 1.31. The highest BCUT2D eigenvalue weighted by Crippen LogP contribution is 2.17. The molecule has 3 amide bonds. The summed E-state index contributed by atoms with van der Waals surface area (Å²) in [4.78, 5) is 44.1. The third-order valence-electron chi connectivity index (χ3n) is 6.73. The maximum Gasteiger partial charge on any atom is 0.248 e. The standard InChI is InChI=1S/C28H35N5O5/c1-4-30(5-2)28(36)20-38-24-16-31(14-21-10-12-23(37-3)13-11-21)26(34)18-32(17-24)27(35)19-33-15-22-8-6-7-9-25(22)29-33/h6-13,15,24H,4-5,14,16-20H2,1-3H3/t24-/m1/s1. The summed E-state index contributed by atoms with van der Waals surface area (Å²) >= 11 is 0. The largest absolute Gasteiger partial charge is 0.497 e. The lowest BCUT2D eigenvalue weighted by Crippen LogP contribution is -2.42. The molecule has 0 saturated carbocycles. The lowest BCUT2D eigenvalue weighted by molar-refractivity contribution is -0.140. The van der Waals surface area contributed by atoms with Crippen LogP contribution in [0.4, 0.5) is 0 Å². The Morgan fingerprint density at radius 2 is 1.79 bits per heavy atom. The lowest BCUT2D eigenvalue weighted by atomic mass is 10.2. The van der Waals surface area contributed by atoms with Gasteiger partial charge < -0.3 is 24.2 Å². The Labute approximate surface area is 222 Å². The molecule has 0 radical (unpaired) electrons. The third kappa shape index (κ3) is 6.69. The summed E-state index contributed by atoms with van der Waals surface area (Å²) in [5.74, 6) is 0.200. The van der Waals surface area contributed by atoms with Crippen molar-refractivity contribution in [3.63, 3.8) is 0 Å². The summed E-state index contributed by atoms with van der Waals surface area (Å²) < 4.78 is 12.8. The van der Waals surface area contributed by atoms with Gasteiger partial charge in [-0.25, -0.2) is 0 Å². The molecule has 4 rings (SSSR count). The molecular weight excluding hydrogens is 486 g/mol. The molecule has 10 heteroatoms. The molecule has 10 nitrogen and oxygen atoms in total. The zero-order chi connectivity index (χ0) is 27.1. The normalized spacial score (nSPS) is 16.0. The summed E-state index contributed by atoms with van der Waals surface area (Å²) in [6.45, 7) is 5.68. The second-order valence-electron chi connectivity index (χ2n) is 9.28. The fourth-order valence-electron chi connectivity index (χ4n) is 4.57. The van der Waals surface area contributed by atoms with Crippen molar-refractivity contribution >= 4 is 28.6 Å². The van der Waals surface area contributed by atoms with Crippen molar-refractivity contribution < 1.29 is 23.9 Å². The molecule has 202 valence electrons. The Kier molecular flexibility index (Phi) is 8.96. The Morgan fingerprint density at radius 1 is 1.05 bits per heavy atom. The van der Waals surface area contributed by atoms with Gasteiger partial charge in [-0.05, 0) is 37.6 Å². The number of rotatable bonds is 10. The summed E-state index contributed by atoms with van der Waals surface area (Å²) in [6, 6.07) is 15.1. The number of ether oxygens (including phenoxy) is 2. The molecular formula is C28H35N5O5. The van der Waals surface area contributed by atoms with Crippen molar-refractivity contribution in [3.8, 4) is 5.75 Å². The number of amides is 3. The molecule has 0 aliphatic carbocycles. The fourth-order valence-corrected chi connectivity index (χ4v) is 4.57. The van der Waals surface area contributed by atoms with Crippen LogP contribution in [0.25, 0.3) is 10.9 Å². The van der Waals surface area contributed by atoms with Gasteiger partial charge in [0.2, 0.25) is 17.7 Å². The van der Waals surface area contributed by atoms with Crippen LogP contribution in [0, 0.1) is 0 Å². The number of aromatic nitrogens is 2. The Balaban J connectivity index is 1.49. The molecule has 2 heterocycles. The topological polar surface area (TPSA) is 97.2 Å². The van der Waals surface area contributed by atoms with Gasteiger partial charge in [0.25, 0.3) is 0 Å². The van der Waals surface area contributed by atoms with E-state index in [9.17, 15) is 14.4 Å². The van der Waals surface area contributed by atoms with E-state index in [4.69, 9.17) is 9.47 Å². The van der Waals surface area contributed by atoms with Crippen molar-refractivity contribution in [3.05, 3.63) is 60.3 Å². The van der Waals surface area contributed by atoms with E-state index >= 15 is 0 Å². The van der Waals surface area contributed by atoms with Crippen LogP contribution in [0.1, 0.15) is 19.4 Å². The monoisotopic (exact) mass is 521 g/mol. The predicted molar refractivity (Wildman–Crippen MR) is 142 cm³/mol. The second-order valence-corrected chi connectivity index (χ2v) is 9.28. The van der Waals surface area contributed by atoms with E-state index < -0.39 is 6.10 Å². The van der Waals surface area contributed by atoms with Crippen LogP contribution >= 0.6 is 0 Å². The SMILES string of the molecule is CCN(CC)C(=O)CO[C@H]1CN(C(=O)Cn2cc3ccccc3n2)CC(=O)N(Cc2ccc(OC)cc2)C1. The zero-order valence-electron chi connectivity index (χ0n) is 22.2. The first-order valence-corrected chi connectivity index (χ1v) is 12.9. The number of hydrogen-bond donors (Lipinski definition) is 0. The number of hydrogen-bond acceptors (Lipinski definition) is 6. The minimum Gasteiger partial charge on any atom is -0.497 e. The fraction of sp³-hybridized carbons (Fsp3) is 0.429. The number of fused-ring (bicyclic) bond motifs is 1. The van der Waals surface area contributed by atoms with E-state index in [1.54, 1.807) is 21.6 Å². The van der Waals surface area contributed by atoms with Crippen molar-refractivity contribution in [2.75, 3.05) is 46.4 Å². The Morgan fingerprint density at radius 3 is 2.47 bits per heavy atom. The molecule has 1 aliphatic heterocycles. The molecule has 1 aliphatic rings. The van der Waals surface area contributed by atoms with E-state index in [1.165, 1.54) is 4.90 Å². The molecule has 0 unspecified atom stereocenters. The molecule has 2 aromatic carbocycles. The minimum atomic E-state index is -0.514. The van der Waals surface area contributed by atoms with Gasteiger partial charge in [0.15, 0.2) is 0 Å². The van der Waals surface area contributed by atoms with E-state index in [-0.39, 0.29) is 50.5 Å². The van der Waals surface area contributed by atoms with E-state index in [0.717, 1.165) is 22.2 Å². The molecule has 1 aromatic heterocycles. The van der Waals surface area contributed by atoms with Crippen LogP contribution in [0.5, 0.6) is 5.75 Å². The quantitative estimate of drug-likeness (QED) is 0.406. The van der Waals surface area contributed by atoms with Gasteiger partial charge in [0.1, 0.15) is 18.9 Å². The van der Waals surface area contributed by atoms with E-state index in [1.807, 2.05) is 68.6 Å². The maximum atomic E-state index is 13.3. The first kappa shape index (κ1) is 27.1. The minimum absolute atomic E-state index is 0.00549. The van der Waals surface area contributed by atoms with Crippen LogP contribution in [0.15, 0.2) is 54.7 Å². The highest BCUT2D eigenvalue weighted by atomic mass is 16.5. The molecule has 0 N–H and O–H groups in total. The second kappa shape index (κ2) is 12.6. The van der Waals surface area contributed by atoms with E-state index in [2.05, 4.69) is 5.10 Å². The zero-order valence-corrected chi connectivity index (χ0v) is 22.2. The molecule has 0 spiro atoms. The molecule has 1 saturated heterocycles. The number of carbonyl (C=O) groups excluding carboxylic acids is 3.